The molecule has 18 heavy (non-hydrogen) atoms. The van der Waals surface area contributed by atoms with E-state index in [2.05, 4.69) is 15.9 Å². The lowest BCUT2D eigenvalue weighted by molar-refractivity contribution is 0.0697. The summed E-state index contributed by atoms with van der Waals surface area (Å²) in [6.07, 6.45) is 0.818. The van der Waals surface area contributed by atoms with Gasteiger partial charge < -0.3 is 9.84 Å². The van der Waals surface area contributed by atoms with Gasteiger partial charge in [-0.3, -0.25) is 0 Å². The van der Waals surface area contributed by atoms with Gasteiger partial charge in [0.25, 0.3) is 0 Å². The molecule has 2 aromatic heterocycles. The standard InChI is InChI=1S/C12H11BrO3S2/c1-2-7-5-9(11(18-7)12(14)15)16-6-8-3-4-10(13)17-8/h3-5H,2,6H2,1H3,(H,14,15). The van der Waals surface area contributed by atoms with E-state index in [-0.39, 0.29) is 4.88 Å². The molecule has 0 bridgehead atoms. The van der Waals surface area contributed by atoms with Crippen LogP contribution >= 0.6 is 38.6 Å². The van der Waals surface area contributed by atoms with Crippen LogP contribution in [0.5, 0.6) is 5.75 Å². The molecule has 0 amide bonds. The third-order valence-corrected chi connectivity index (χ3v) is 5.14. The monoisotopic (exact) mass is 346 g/mol. The van der Waals surface area contributed by atoms with Gasteiger partial charge in [-0.2, -0.15) is 0 Å². The first kappa shape index (κ1) is 13.6. The molecular weight excluding hydrogens is 336 g/mol. The molecule has 0 radical (unpaired) electrons. The molecular formula is C12H11BrO3S2. The average Bonchev–Trinajstić information content (AvgIpc) is 2.92. The van der Waals surface area contributed by atoms with Crippen molar-refractivity contribution in [3.63, 3.8) is 0 Å². The van der Waals surface area contributed by atoms with Crippen LogP contribution in [0.15, 0.2) is 22.0 Å². The quantitative estimate of drug-likeness (QED) is 0.871. The number of aromatic carboxylic acids is 1. The van der Waals surface area contributed by atoms with Gasteiger partial charge in [-0.05, 0) is 40.5 Å². The number of carboxylic acid groups (broad SMARTS) is 1. The Balaban J connectivity index is 2.12. The average molecular weight is 347 g/mol. The number of ether oxygens (including phenoxy) is 1. The number of hydrogen-bond acceptors (Lipinski definition) is 4. The molecule has 96 valence electrons. The van der Waals surface area contributed by atoms with E-state index in [1.807, 2.05) is 25.1 Å². The number of carbonyl (C=O) groups is 1. The number of aryl methyl sites for hydroxylation is 1. The van der Waals surface area contributed by atoms with E-state index in [1.165, 1.54) is 11.3 Å². The largest absolute Gasteiger partial charge is 0.486 e. The molecule has 0 aromatic carbocycles. The summed E-state index contributed by atoms with van der Waals surface area (Å²) < 4.78 is 6.64. The SMILES string of the molecule is CCc1cc(OCc2ccc(Br)s2)c(C(=O)O)s1. The molecule has 6 heteroatoms. The minimum absolute atomic E-state index is 0.280. The zero-order valence-corrected chi connectivity index (χ0v) is 12.8. The van der Waals surface area contributed by atoms with Crippen molar-refractivity contribution in [2.75, 3.05) is 0 Å². The predicted molar refractivity (Wildman–Crippen MR) is 77.0 cm³/mol. The van der Waals surface area contributed by atoms with E-state index in [4.69, 9.17) is 9.84 Å². The first-order valence-corrected chi connectivity index (χ1v) is 7.75. The van der Waals surface area contributed by atoms with Crippen molar-refractivity contribution in [3.8, 4) is 5.75 Å². The van der Waals surface area contributed by atoms with Crippen molar-refractivity contribution < 1.29 is 14.6 Å². The second-order valence-electron chi connectivity index (χ2n) is 3.56. The molecule has 0 fully saturated rings. The second kappa shape index (κ2) is 5.86. The summed E-state index contributed by atoms with van der Waals surface area (Å²) in [5.74, 6) is -0.462. The van der Waals surface area contributed by atoms with E-state index in [0.717, 1.165) is 20.0 Å². The lowest BCUT2D eigenvalue weighted by Crippen LogP contribution is -1.98. The minimum atomic E-state index is -0.929. The molecule has 3 nitrogen and oxygen atoms in total. The van der Waals surface area contributed by atoms with Gasteiger partial charge in [0.2, 0.25) is 0 Å². The van der Waals surface area contributed by atoms with Crippen molar-refractivity contribution in [2.24, 2.45) is 0 Å². The molecule has 0 aliphatic carbocycles. The van der Waals surface area contributed by atoms with Crippen LogP contribution in [-0.4, -0.2) is 11.1 Å². The van der Waals surface area contributed by atoms with Gasteiger partial charge >= 0.3 is 5.97 Å². The molecule has 0 saturated heterocycles. The van der Waals surface area contributed by atoms with Crippen molar-refractivity contribution in [3.05, 3.63) is 36.6 Å². The highest BCUT2D eigenvalue weighted by Crippen LogP contribution is 2.31. The number of hydrogen-bond donors (Lipinski definition) is 1. The van der Waals surface area contributed by atoms with Gasteiger partial charge in [-0.1, -0.05) is 6.92 Å². The number of carboxylic acids is 1. The van der Waals surface area contributed by atoms with Gasteiger partial charge in [0.05, 0.1) is 3.79 Å². The maximum absolute atomic E-state index is 11.1. The van der Waals surface area contributed by atoms with E-state index >= 15 is 0 Å². The van der Waals surface area contributed by atoms with Crippen molar-refractivity contribution in [1.82, 2.24) is 0 Å². The number of thiophene rings is 2. The van der Waals surface area contributed by atoms with Crippen LogP contribution in [0, 0.1) is 0 Å². The van der Waals surface area contributed by atoms with Crippen LogP contribution in [0.25, 0.3) is 0 Å². The van der Waals surface area contributed by atoms with Gasteiger partial charge in [0.1, 0.15) is 12.4 Å². The highest BCUT2D eigenvalue weighted by molar-refractivity contribution is 9.11. The summed E-state index contributed by atoms with van der Waals surface area (Å²) >= 11 is 6.24. The molecule has 0 saturated carbocycles. The molecule has 0 aliphatic heterocycles. The predicted octanol–water partition coefficient (Wildman–Crippen LogP) is 4.41. The Morgan fingerprint density at radius 2 is 2.17 bits per heavy atom. The van der Waals surface area contributed by atoms with Crippen LogP contribution in [0.1, 0.15) is 26.3 Å². The van der Waals surface area contributed by atoms with Crippen molar-refractivity contribution >= 4 is 44.6 Å². The topological polar surface area (TPSA) is 46.5 Å². The summed E-state index contributed by atoms with van der Waals surface area (Å²) in [5, 5.41) is 9.10. The Morgan fingerprint density at radius 1 is 1.39 bits per heavy atom. The van der Waals surface area contributed by atoms with Crippen LogP contribution in [0.3, 0.4) is 0 Å². The molecule has 2 rings (SSSR count). The summed E-state index contributed by atoms with van der Waals surface area (Å²) in [5.41, 5.74) is 0. The summed E-state index contributed by atoms with van der Waals surface area (Å²) in [6, 6.07) is 5.73. The fourth-order valence-corrected chi connectivity index (χ4v) is 3.71. The highest BCUT2D eigenvalue weighted by Gasteiger charge is 2.16. The fraction of sp³-hybridized carbons (Fsp3) is 0.250. The van der Waals surface area contributed by atoms with E-state index < -0.39 is 5.97 Å². The smallest absolute Gasteiger partial charge is 0.349 e. The van der Waals surface area contributed by atoms with Crippen LogP contribution in [0.2, 0.25) is 0 Å². The van der Waals surface area contributed by atoms with Crippen molar-refractivity contribution in [2.45, 2.75) is 20.0 Å². The molecule has 0 aliphatic rings. The summed E-state index contributed by atoms with van der Waals surface area (Å²) in [7, 11) is 0. The van der Waals surface area contributed by atoms with E-state index in [9.17, 15) is 4.79 Å². The highest BCUT2D eigenvalue weighted by atomic mass is 79.9. The van der Waals surface area contributed by atoms with Gasteiger partial charge in [-0.25, -0.2) is 4.79 Å². The summed E-state index contributed by atoms with van der Waals surface area (Å²) in [6.45, 7) is 2.40. The van der Waals surface area contributed by atoms with Crippen LogP contribution < -0.4 is 4.74 Å². The van der Waals surface area contributed by atoms with E-state index in [1.54, 1.807) is 11.3 Å². The molecule has 2 aromatic rings. The fourth-order valence-electron chi connectivity index (χ4n) is 1.43. The third kappa shape index (κ3) is 3.13. The zero-order chi connectivity index (χ0) is 13.1. The Bertz CT molecular complexity index is 559. The van der Waals surface area contributed by atoms with Crippen LogP contribution in [0.4, 0.5) is 0 Å². The number of halogens is 1. The Labute approximate surface area is 121 Å². The van der Waals surface area contributed by atoms with Gasteiger partial charge in [0, 0.05) is 9.75 Å². The maximum Gasteiger partial charge on any atom is 0.349 e. The minimum Gasteiger partial charge on any atom is -0.486 e. The Hall–Kier alpha value is -0.850. The summed E-state index contributed by atoms with van der Waals surface area (Å²) in [4.78, 5) is 13.5. The maximum atomic E-state index is 11.1. The Kier molecular flexibility index (Phi) is 4.42. The van der Waals surface area contributed by atoms with E-state index in [0.29, 0.717) is 12.4 Å². The lowest BCUT2D eigenvalue weighted by atomic mass is 10.3. The third-order valence-electron chi connectivity index (χ3n) is 2.29. The molecule has 2 heterocycles. The molecule has 0 atom stereocenters. The zero-order valence-electron chi connectivity index (χ0n) is 9.60. The number of rotatable bonds is 5. The molecule has 0 spiro atoms. The van der Waals surface area contributed by atoms with Crippen LogP contribution in [-0.2, 0) is 13.0 Å². The second-order valence-corrected chi connectivity index (χ2v) is 7.24. The van der Waals surface area contributed by atoms with Gasteiger partial charge in [-0.15, -0.1) is 22.7 Å². The van der Waals surface area contributed by atoms with Crippen molar-refractivity contribution in [1.29, 1.82) is 0 Å². The molecule has 0 unspecified atom stereocenters. The van der Waals surface area contributed by atoms with Gasteiger partial charge in [0.15, 0.2) is 4.88 Å². The Morgan fingerprint density at radius 3 is 2.72 bits per heavy atom. The first-order chi connectivity index (χ1) is 8.60. The normalized spacial score (nSPS) is 10.6. The lowest BCUT2D eigenvalue weighted by Gasteiger charge is -2.02. The first-order valence-electron chi connectivity index (χ1n) is 5.33. The molecule has 1 N–H and O–H groups in total.